The highest BCUT2D eigenvalue weighted by Crippen LogP contribution is 2.28. The van der Waals surface area contributed by atoms with Crippen LogP contribution in [0.15, 0.2) is 65.7 Å². The highest BCUT2D eigenvalue weighted by Gasteiger charge is 2.16. The van der Waals surface area contributed by atoms with E-state index in [1.54, 1.807) is 36.0 Å². The van der Waals surface area contributed by atoms with Gasteiger partial charge in [0.2, 0.25) is 0 Å². The molecule has 1 aliphatic rings. The normalized spacial score (nSPS) is 14.6. The first-order valence-electron chi connectivity index (χ1n) is 10.6. The van der Waals surface area contributed by atoms with Crippen molar-refractivity contribution in [1.82, 2.24) is 14.4 Å². The van der Waals surface area contributed by atoms with Gasteiger partial charge in [0.15, 0.2) is 11.4 Å². The van der Waals surface area contributed by atoms with Crippen LogP contribution in [-0.2, 0) is 0 Å². The lowest BCUT2D eigenvalue weighted by molar-refractivity contribution is 0.416. The summed E-state index contributed by atoms with van der Waals surface area (Å²) < 4.78 is 6.99. The van der Waals surface area contributed by atoms with E-state index in [0.29, 0.717) is 28.7 Å². The minimum atomic E-state index is -0.122. The second-order valence-corrected chi connectivity index (χ2v) is 7.89. The van der Waals surface area contributed by atoms with Gasteiger partial charge in [-0.1, -0.05) is 25.0 Å². The largest absolute Gasteiger partial charge is 0.493 e. The van der Waals surface area contributed by atoms with Crippen molar-refractivity contribution in [2.24, 2.45) is 5.92 Å². The lowest BCUT2D eigenvalue weighted by atomic mass is 10.1. The molecule has 1 N–H and O–H groups in total. The average molecular weight is 412 g/mol. The van der Waals surface area contributed by atoms with Crippen LogP contribution in [0, 0.1) is 5.92 Å². The smallest absolute Gasteiger partial charge is 0.267 e. The molecule has 156 valence electrons. The van der Waals surface area contributed by atoms with Gasteiger partial charge in [-0.3, -0.25) is 14.2 Å². The van der Waals surface area contributed by atoms with Crippen molar-refractivity contribution in [2.45, 2.75) is 25.7 Å². The van der Waals surface area contributed by atoms with Crippen molar-refractivity contribution in [2.75, 3.05) is 12.4 Å². The molecule has 0 radical (unpaired) electrons. The summed E-state index contributed by atoms with van der Waals surface area (Å²) in [6, 6.07) is 13.4. The van der Waals surface area contributed by atoms with Gasteiger partial charge in [0.05, 0.1) is 18.2 Å². The number of anilines is 2. The molecule has 1 aromatic carbocycles. The molecule has 0 saturated heterocycles. The monoisotopic (exact) mass is 412 g/mol. The molecule has 3 heterocycles. The molecule has 1 fully saturated rings. The molecule has 0 spiro atoms. The van der Waals surface area contributed by atoms with E-state index in [9.17, 15) is 4.79 Å². The molecule has 0 atom stereocenters. The van der Waals surface area contributed by atoms with Crippen molar-refractivity contribution in [1.29, 1.82) is 0 Å². The lowest BCUT2D eigenvalue weighted by Crippen LogP contribution is -2.20. The predicted molar refractivity (Wildman–Crippen MR) is 124 cm³/mol. The van der Waals surface area contributed by atoms with Crippen molar-refractivity contribution in [3.8, 4) is 5.75 Å². The van der Waals surface area contributed by atoms with Gasteiger partial charge in [-0.15, -0.1) is 0 Å². The second-order valence-electron chi connectivity index (χ2n) is 7.89. The summed E-state index contributed by atoms with van der Waals surface area (Å²) in [4.78, 5) is 22.6. The number of allylic oxidation sites excluding steroid dienone is 1. The summed E-state index contributed by atoms with van der Waals surface area (Å²) >= 11 is 0. The summed E-state index contributed by atoms with van der Waals surface area (Å²) in [6.07, 6.45) is 12.4. The molecule has 1 saturated carbocycles. The van der Waals surface area contributed by atoms with Crippen LogP contribution in [0.5, 0.6) is 5.75 Å². The van der Waals surface area contributed by atoms with E-state index in [1.165, 1.54) is 25.7 Å². The van der Waals surface area contributed by atoms with Crippen molar-refractivity contribution < 1.29 is 4.74 Å². The molecule has 0 unspecified atom stereocenters. The van der Waals surface area contributed by atoms with Crippen molar-refractivity contribution in [3.63, 3.8) is 0 Å². The fourth-order valence-corrected chi connectivity index (χ4v) is 4.23. The molecule has 0 aliphatic heterocycles. The lowest BCUT2D eigenvalue weighted by Gasteiger charge is -2.13. The van der Waals surface area contributed by atoms with E-state index in [1.807, 2.05) is 36.4 Å². The van der Waals surface area contributed by atoms with E-state index >= 15 is 0 Å². The zero-order valence-electron chi connectivity index (χ0n) is 17.4. The molecular weight excluding hydrogens is 388 g/mol. The van der Waals surface area contributed by atoms with Crippen molar-refractivity contribution in [3.05, 3.63) is 76.9 Å². The number of benzene rings is 1. The Labute approximate surface area is 180 Å². The maximum atomic E-state index is 13.4. The Hall–Kier alpha value is -3.67. The number of rotatable bonds is 5. The molecule has 0 bridgehead atoms. The SMILES string of the molecule is COc1cccn2c(=O)c(/C=C/C3CCCC3)c(Nc3ccc4ncccc4c3)nc12. The van der Waals surface area contributed by atoms with Gasteiger partial charge in [-0.25, -0.2) is 4.98 Å². The highest BCUT2D eigenvalue weighted by molar-refractivity contribution is 5.84. The van der Waals surface area contributed by atoms with Crippen LogP contribution in [-0.4, -0.2) is 21.5 Å². The van der Waals surface area contributed by atoms with Gasteiger partial charge in [0.1, 0.15) is 5.82 Å². The molecule has 4 aromatic rings. The number of nitrogens with zero attached hydrogens (tertiary/aromatic N) is 3. The average Bonchev–Trinajstić information content (AvgIpc) is 3.32. The Bertz CT molecular complexity index is 1340. The Morgan fingerprint density at radius 2 is 2.03 bits per heavy atom. The summed E-state index contributed by atoms with van der Waals surface area (Å²) in [5, 5.41) is 4.38. The second kappa shape index (κ2) is 8.22. The number of hydrogen-bond acceptors (Lipinski definition) is 5. The molecule has 1 aliphatic carbocycles. The van der Waals surface area contributed by atoms with Crippen LogP contribution in [0.2, 0.25) is 0 Å². The molecule has 6 nitrogen and oxygen atoms in total. The topological polar surface area (TPSA) is 68.5 Å². The Morgan fingerprint density at radius 3 is 2.87 bits per heavy atom. The summed E-state index contributed by atoms with van der Waals surface area (Å²) in [6.45, 7) is 0. The van der Waals surface area contributed by atoms with Crippen LogP contribution >= 0.6 is 0 Å². The maximum Gasteiger partial charge on any atom is 0.267 e. The summed E-state index contributed by atoms with van der Waals surface area (Å²) in [7, 11) is 1.58. The first-order chi connectivity index (χ1) is 15.2. The third-order valence-electron chi connectivity index (χ3n) is 5.87. The summed E-state index contributed by atoms with van der Waals surface area (Å²) in [5.41, 5.74) is 2.68. The number of fused-ring (bicyclic) bond motifs is 2. The van der Waals surface area contributed by atoms with Crippen LogP contribution in [0.25, 0.3) is 22.6 Å². The third kappa shape index (κ3) is 3.77. The molecule has 0 amide bonds. The third-order valence-corrected chi connectivity index (χ3v) is 5.87. The molecule has 5 rings (SSSR count). The number of nitrogens with one attached hydrogen (secondary N) is 1. The fourth-order valence-electron chi connectivity index (χ4n) is 4.23. The van der Waals surface area contributed by atoms with E-state index < -0.39 is 0 Å². The van der Waals surface area contributed by atoms with Gasteiger partial charge in [-0.2, -0.15) is 0 Å². The zero-order valence-corrected chi connectivity index (χ0v) is 17.4. The molecular formula is C25H24N4O2. The quantitative estimate of drug-likeness (QED) is 0.488. The van der Waals surface area contributed by atoms with Gasteiger partial charge in [0.25, 0.3) is 5.56 Å². The van der Waals surface area contributed by atoms with E-state index in [2.05, 4.69) is 16.4 Å². The van der Waals surface area contributed by atoms with Gasteiger partial charge in [0, 0.05) is 23.5 Å². The van der Waals surface area contributed by atoms with Crippen LogP contribution < -0.4 is 15.6 Å². The summed E-state index contributed by atoms with van der Waals surface area (Å²) in [5.74, 6) is 1.59. The highest BCUT2D eigenvalue weighted by atomic mass is 16.5. The fraction of sp³-hybridized carbons (Fsp3) is 0.240. The minimum absolute atomic E-state index is 0.122. The van der Waals surface area contributed by atoms with Crippen LogP contribution in [0.3, 0.4) is 0 Å². The number of pyridine rings is 2. The molecule has 31 heavy (non-hydrogen) atoms. The van der Waals surface area contributed by atoms with Gasteiger partial charge < -0.3 is 10.1 Å². The van der Waals surface area contributed by atoms with Gasteiger partial charge in [-0.05, 0) is 61.2 Å². The first-order valence-corrected chi connectivity index (χ1v) is 10.6. The van der Waals surface area contributed by atoms with E-state index in [-0.39, 0.29) is 5.56 Å². The van der Waals surface area contributed by atoms with Crippen LogP contribution in [0.4, 0.5) is 11.5 Å². The molecule has 6 heteroatoms. The predicted octanol–water partition coefficient (Wildman–Crippen LogP) is 5.20. The number of hydrogen-bond donors (Lipinski definition) is 1. The number of methoxy groups -OCH3 is 1. The van der Waals surface area contributed by atoms with Crippen molar-refractivity contribution >= 4 is 34.1 Å². The Kier molecular flexibility index (Phi) is 5.12. The standard InChI is InChI=1S/C25H24N4O2/c1-31-22-9-5-15-29-24(22)28-23(20(25(29)30)12-10-17-6-2-3-7-17)27-19-11-13-21-18(16-19)8-4-14-26-21/h4-5,8-17,27H,2-3,6-7H2,1H3/b12-10+. The van der Waals surface area contributed by atoms with Gasteiger partial charge >= 0.3 is 0 Å². The maximum absolute atomic E-state index is 13.4. The van der Waals surface area contributed by atoms with E-state index in [0.717, 1.165) is 16.6 Å². The molecule has 3 aromatic heterocycles. The first kappa shape index (κ1) is 19.3. The van der Waals surface area contributed by atoms with E-state index in [4.69, 9.17) is 9.72 Å². The zero-order chi connectivity index (χ0) is 21.2. The number of ether oxygens (including phenoxy) is 1. The Morgan fingerprint density at radius 1 is 1.16 bits per heavy atom. The minimum Gasteiger partial charge on any atom is -0.493 e. The number of aromatic nitrogens is 3. The van der Waals surface area contributed by atoms with Crippen LogP contribution in [0.1, 0.15) is 31.2 Å². The Balaban J connectivity index is 1.64.